The van der Waals surface area contributed by atoms with E-state index in [-0.39, 0.29) is 30.0 Å². The first-order chi connectivity index (χ1) is 15.8. The van der Waals surface area contributed by atoms with Crippen LogP contribution >= 0.6 is 24.0 Å². The number of imidazole rings is 1. The number of fused-ring (bicyclic) bond motifs is 1. The number of guanidine groups is 1. The van der Waals surface area contributed by atoms with Crippen LogP contribution in [0.2, 0.25) is 0 Å². The minimum atomic E-state index is 0. The molecule has 0 saturated carbocycles. The molecule has 1 aliphatic heterocycles. The third kappa shape index (κ3) is 6.81. The van der Waals surface area contributed by atoms with Gasteiger partial charge in [0.15, 0.2) is 5.96 Å². The van der Waals surface area contributed by atoms with E-state index >= 15 is 0 Å². The standard InChI is InChI=1S/C24H32N6O2.HI/c1-25-24(26-12-11-23-28-20-5-3-4-6-21(20)29-23)27-17-22(30-13-15-32-16-14-30)18-7-9-19(31-2)10-8-18;/h3-10,22H,11-17H2,1-2H3,(H,28,29)(H2,25,26,27);1H. The Labute approximate surface area is 212 Å². The number of hydrogen-bond acceptors (Lipinski definition) is 5. The summed E-state index contributed by atoms with van der Waals surface area (Å²) in [6.07, 6.45) is 0.792. The lowest BCUT2D eigenvalue weighted by Crippen LogP contribution is -2.46. The van der Waals surface area contributed by atoms with Crippen molar-refractivity contribution in [3.05, 3.63) is 59.9 Å². The maximum atomic E-state index is 5.56. The molecular weight excluding hydrogens is 531 g/mol. The van der Waals surface area contributed by atoms with Crippen molar-refractivity contribution in [2.24, 2.45) is 4.99 Å². The highest BCUT2D eigenvalue weighted by Gasteiger charge is 2.23. The smallest absolute Gasteiger partial charge is 0.191 e. The molecule has 1 aliphatic rings. The van der Waals surface area contributed by atoms with E-state index in [1.165, 1.54) is 5.56 Å². The van der Waals surface area contributed by atoms with Crippen LogP contribution in [-0.2, 0) is 11.2 Å². The maximum Gasteiger partial charge on any atom is 0.191 e. The number of para-hydroxylation sites is 2. The summed E-state index contributed by atoms with van der Waals surface area (Å²) in [4.78, 5) is 14.9. The first-order valence-electron chi connectivity index (χ1n) is 11.1. The summed E-state index contributed by atoms with van der Waals surface area (Å²) in [5.74, 6) is 2.62. The molecule has 1 fully saturated rings. The molecule has 0 radical (unpaired) electrons. The van der Waals surface area contributed by atoms with Gasteiger partial charge in [-0.15, -0.1) is 24.0 Å². The maximum absolute atomic E-state index is 5.56. The molecule has 0 aliphatic carbocycles. The van der Waals surface area contributed by atoms with E-state index in [4.69, 9.17) is 9.47 Å². The number of halogens is 1. The Morgan fingerprint density at radius 2 is 1.91 bits per heavy atom. The highest BCUT2D eigenvalue weighted by atomic mass is 127. The topological polar surface area (TPSA) is 86.8 Å². The van der Waals surface area contributed by atoms with E-state index in [1.54, 1.807) is 14.2 Å². The van der Waals surface area contributed by atoms with E-state index in [1.807, 2.05) is 36.4 Å². The van der Waals surface area contributed by atoms with Gasteiger partial charge in [0.05, 0.1) is 37.4 Å². The van der Waals surface area contributed by atoms with Crippen LogP contribution in [0, 0.1) is 0 Å². The molecular formula is C24H33IN6O2. The predicted molar refractivity (Wildman–Crippen MR) is 143 cm³/mol. The Morgan fingerprint density at radius 1 is 1.15 bits per heavy atom. The number of H-pyrrole nitrogens is 1. The number of morpholine rings is 1. The number of ether oxygens (including phenoxy) is 2. The third-order valence-electron chi connectivity index (χ3n) is 5.77. The molecule has 1 unspecified atom stereocenters. The van der Waals surface area contributed by atoms with E-state index < -0.39 is 0 Å². The van der Waals surface area contributed by atoms with Gasteiger partial charge in [-0.3, -0.25) is 9.89 Å². The molecule has 0 spiro atoms. The summed E-state index contributed by atoms with van der Waals surface area (Å²) >= 11 is 0. The molecule has 1 saturated heterocycles. The highest BCUT2D eigenvalue weighted by Crippen LogP contribution is 2.23. The van der Waals surface area contributed by atoms with Crippen molar-refractivity contribution in [2.45, 2.75) is 12.5 Å². The normalized spacial score (nSPS) is 15.6. The lowest BCUT2D eigenvalue weighted by Gasteiger charge is -2.35. The van der Waals surface area contributed by atoms with Crippen LogP contribution in [-0.4, -0.2) is 74.4 Å². The fourth-order valence-corrected chi connectivity index (χ4v) is 4.01. The van der Waals surface area contributed by atoms with Crippen LogP contribution in [0.1, 0.15) is 17.4 Å². The molecule has 1 atom stereocenters. The molecule has 2 heterocycles. The van der Waals surface area contributed by atoms with Crippen LogP contribution in [0.15, 0.2) is 53.5 Å². The van der Waals surface area contributed by atoms with Gasteiger partial charge in [-0.25, -0.2) is 4.98 Å². The molecule has 1 aromatic heterocycles. The number of nitrogens with one attached hydrogen (secondary N) is 3. The van der Waals surface area contributed by atoms with Gasteiger partial charge >= 0.3 is 0 Å². The summed E-state index contributed by atoms with van der Waals surface area (Å²) in [6.45, 7) is 4.84. The fourth-order valence-electron chi connectivity index (χ4n) is 4.01. The largest absolute Gasteiger partial charge is 0.497 e. The number of aromatic amines is 1. The average molecular weight is 564 g/mol. The Balaban J connectivity index is 0.00000306. The van der Waals surface area contributed by atoms with E-state index in [9.17, 15) is 0 Å². The summed E-state index contributed by atoms with van der Waals surface area (Å²) in [7, 11) is 3.49. The average Bonchev–Trinajstić information content (AvgIpc) is 3.27. The number of methoxy groups -OCH3 is 1. The molecule has 33 heavy (non-hydrogen) atoms. The molecule has 178 valence electrons. The molecule has 4 rings (SSSR count). The summed E-state index contributed by atoms with van der Waals surface area (Å²) in [5.41, 5.74) is 3.31. The first kappa shape index (κ1) is 25.3. The van der Waals surface area contributed by atoms with Gasteiger partial charge in [-0.05, 0) is 29.8 Å². The minimum Gasteiger partial charge on any atom is -0.497 e. The Bertz CT molecular complexity index is 984. The van der Waals surface area contributed by atoms with Crippen LogP contribution in [0.25, 0.3) is 11.0 Å². The Morgan fingerprint density at radius 3 is 2.61 bits per heavy atom. The zero-order chi connectivity index (χ0) is 22.2. The number of benzene rings is 2. The lowest BCUT2D eigenvalue weighted by atomic mass is 10.0. The number of aromatic nitrogens is 2. The van der Waals surface area contributed by atoms with Crippen LogP contribution < -0.4 is 15.4 Å². The van der Waals surface area contributed by atoms with Gasteiger partial charge in [-0.1, -0.05) is 24.3 Å². The van der Waals surface area contributed by atoms with Gasteiger partial charge in [0.25, 0.3) is 0 Å². The second-order valence-corrected chi connectivity index (χ2v) is 7.77. The van der Waals surface area contributed by atoms with E-state index in [0.29, 0.717) is 0 Å². The van der Waals surface area contributed by atoms with Crippen molar-refractivity contribution in [3.8, 4) is 5.75 Å². The van der Waals surface area contributed by atoms with Crippen molar-refractivity contribution >= 4 is 41.0 Å². The lowest BCUT2D eigenvalue weighted by molar-refractivity contribution is 0.0170. The quantitative estimate of drug-likeness (QED) is 0.222. The van der Waals surface area contributed by atoms with Gasteiger partial charge in [0.2, 0.25) is 0 Å². The molecule has 9 heteroatoms. The summed E-state index contributed by atoms with van der Waals surface area (Å²) in [6, 6.07) is 16.6. The fraction of sp³-hybridized carbons (Fsp3) is 0.417. The number of nitrogens with zero attached hydrogens (tertiary/aromatic N) is 3. The molecule has 3 aromatic rings. The van der Waals surface area contributed by atoms with Crippen molar-refractivity contribution in [2.75, 3.05) is 53.6 Å². The van der Waals surface area contributed by atoms with Gasteiger partial charge < -0.3 is 25.1 Å². The monoisotopic (exact) mass is 564 g/mol. The van der Waals surface area contributed by atoms with Crippen LogP contribution in [0.5, 0.6) is 5.75 Å². The number of rotatable bonds is 8. The molecule has 3 N–H and O–H groups in total. The number of hydrogen-bond donors (Lipinski definition) is 3. The molecule has 0 bridgehead atoms. The van der Waals surface area contributed by atoms with Crippen LogP contribution in [0.3, 0.4) is 0 Å². The second-order valence-electron chi connectivity index (χ2n) is 7.77. The Kier molecular flexibility index (Phi) is 9.76. The van der Waals surface area contributed by atoms with Crippen molar-refractivity contribution in [3.63, 3.8) is 0 Å². The highest BCUT2D eigenvalue weighted by molar-refractivity contribution is 14.0. The van der Waals surface area contributed by atoms with Crippen molar-refractivity contribution in [1.29, 1.82) is 0 Å². The summed E-state index contributed by atoms with van der Waals surface area (Å²) < 4.78 is 10.9. The summed E-state index contributed by atoms with van der Waals surface area (Å²) in [5, 5.41) is 6.91. The molecule has 0 amide bonds. The zero-order valence-corrected chi connectivity index (χ0v) is 21.5. The van der Waals surface area contributed by atoms with Gasteiger partial charge in [0, 0.05) is 39.6 Å². The van der Waals surface area contributed by atoms with E-state index in [2.05, 4.69) is 42.6 Å². The van der Waals surface area contributed by atoms with Gasteiger partial charge in [-0.2, -0.15) is 0 Å². The minimum absolute atomic E-state index is 0. The second kappa shape index (κ2) is 12.8. The first-order valence-corrected chi connectivity index (χ1v) is 11.1. The SMILES string of the molecule is CN=C(NCCc1nc2ccccc2[nH]1)NCC(c1ccc(OC)cc1)N1CCOCC1.I. The van der Waals surface area contributed by atoms with Crippen LogP contribution in [0.4, 0.5) is 0 Å². The van der Waals surface area contributed by atoms with Crippen molar-refractivity contribution in [1.82, 2.24) is 25.5 Å². The molecule has 2 aromatic carbocycles. The number of aliphatic imine (C=N–C) groups is 1. The van der Waals surface area contributed by atoms with Crippen molar-refractivity contribution < 1.29 is 9.47 Å². The van der Waals surface area contributed by atoms with Gasteiger partial charge in [0.1, 0.15) is 11.6 Å². The Hall–Kier alpha value is -2.37. The predicted octanol–water partition coefficient (Wildman–Crippen LogP) is 2.97. The van der Waals surface area contributed by atoms with E-state index in [0.717, 1.165) is 74.4 Å². The zero-order valence-electron chi connectivity index (χ0n) is 19.2. The third-order valence-corrected chi connectivity index (χ3v) is 5.77. The molecule has 8 nitrogen and oxygen atoms in total.